The lowest BCUT2D eigenvalue weighted by molar-refractivity contribution is -0.158. The highest BCUT2D eigenvalue weighted by Crippen LogP contribution is 2.48. The van der Waals surface area contributed by atoms with Gasteiger partial charge in [-0.3, -0.25) is 4.79 Å². The maximum Gasteiger partial charge on any atom is 0.311 e. The summed E-state index contributed by atoms with van der Waals surface area (Å²) in [5.41, 5.74) is 6.08. The van der Waals surface area contributed by atoms with E-state index in [1.54, 1.807) is 7.11 Å². The zero-order chi connectivity index (χ0) is 11.7. The first-order valence-electron chi connectivity index (χ1n) is 6.08. The maximum atomic E-state index is 12.0. The SMILES string of the molecule is COCC(C)OC(=O)C1C2CCC(C2)C1N. The second-order valence-electron chi connectivity index (χ2n) is 5.14. The summed E-state index contributed by atoms with van der Waals surface area (Å²) in [7, 11) is 1.60. The van der Waals surface area contributed by atoms with Crippen molar-refractivity contribution in [1.82, 2.24) is 0 Å². The smallest absolute Gasteiger partial charge is 0.311 e. The van der Waals surface area contributed by atoms with Gasteiger partial charge in [0, 0.05) is 13.2 Å². The molecule has 0 heterocycles. The molecule has 2 aliphatic carbocycles. The summed E-state index contributed by atoms with van der Waals surface area (Å²) < 4.78 is 10.3. The van der Waals surface area contributed by atoms with Crippen molar-refractivity contribution in [3.63, 3.8) is 0 Å². The molecule has 2 fully saturated rings. The summed E-state index contributed by atoms with van der Waals surface area (Å²) in [5, 5.41) is 0. The van der Waals surface area contributed by atoms with Crippen LogP contribution in [0.2, 0.25) is 0 Å². The van der Waals surface area contributed by atoms with E-state index in [9.17, 15) is 4.79 Å². The third-order valence-corrected chi connectivity index (χ3v) is 3.97. The Morgan fingerprint density at radius 3 is 2.69 bits per heavy atom. The Hall–Kier alpha value is -0.610. The molecule has 2 N–H and O–H groups in total. The van der Waals surface area contributed by atoms with E-state index in [4.69, 9.17) is 15.2 Å². The molecule has 0 aromatic rings. The standard InChI is InChI=1S/C12H21NO3/c1-7(6-15-2)16-12(14)10-8-3-4-9(5-8)11(10)13/h7-11H,3-6,13H2,1-2H3. The molecule has 5 unspecified atom stereocenters. The quantitative estimate of drug-likeness (QED) is 0.726. The zero-order valence-electron chi connectivity index (χ0n) is 10.0. The minimum Gasteiger partial charge on any atom is -0.460 e. The van der Waals surface area contributed by atoms with Gasteiger partial charge in [-0.15, -0.1) is 0 Å². The molecule has 2 bridgehead atoms. The number of methoxy groups -OCH3 is 1. The van der Waals surface area contributed by atoms with Gasteiger partial charge in [0.15, 0.2) is 0 Å². The van der Waals surface area contributed by atoms with Crippen LogP contribution in [0, 0.1) is 17.8 Å². The molecule has 0 aromatic carbocycles. The fourth-order valence-electron chi connectivity index (χ4n) is 3.23. The van der Waals surface area contributed by atoms with Crippen LogP contribution >= 0.6 is 0 Å². The van der Waals surface area contributed by atoms with Gasteiger partial charge in [-0.1, -0.05) is 0 Å². The second kappa shape index (κ2) is 4.72. The fourth-order valence-corrected chi connectivity index (χ4v) is 3.23. The van der Waals surface area contributed by atoms with Gasteiger partial charge in [0.05, 0.1) is 12.5 Å². The summed E-state index contributed by atoms with van der Waals surface area (Å²) in [4.78, 5) is 12.0. The lowest BCUT2D eigenvalue weighted by atomic mass is 9.85. The molecule has 0 amide bonds. The molecule has 0 aliphatic heterocycles. The van der Waals surface area contributed by atoms with Crippen LogP contribution in [0.15, 0.2) is 0 Å². The number of rotatable bonds is 4. The molecule has 0 spiro atoms. The Morgan fingerprint density at radius 1 is 1.44 bits per heavy atom. The summed E-state index contributed by atoms with van der Waals surface area (Å²) >= 11 is 0. The van der Waals surface area contributed by atoms with Crippen LogP contribution in [-0.2, 0) is 14.3 Å². The van der Waals surface area contributed by atoms with Crippen molar-refractivity contribution in [3.8, 4) is 0 Å². The lowest BCUT2D eigenvalue weighted by Crippen LogP contribution is -2.42. The molecule has 92 valence electrons. The van der Waals surface area contributed by atoms with Crippen LogP contribution in [0.1, 0.15) is 26.2 Å². The topological polar surface area (TPSA) is 61.5 Å². The second-order valence-corrected chi connectivity index (χ2v) is 5.14. The van der Waals surface area contributed by atoms with Crippen molar-refractivity contribution < 1.29 is 14.3 Å². The van der Waals surface area contributed by atoms with Crippen molar-refractivity contribution in [3.05, 3.63) is 0 Å². The summed E-state index contributed by atoms with van der Waals surface area (Å²) in [6.45, 7) is 2.29. The minimum absolute atomic E-state index is 0.0148. The predicted molar refractivity (Wildman–Crippen MR) is 59.7 cm³/mol. The molecule has 4 heteroatoms. The van der Waals surface area contributed by atoms with Gasteiger partial charge >= 0.3 is 5.97 Å². The van der Waals surface area contributed by atoms with Crippen molar-refractivity contribution in [2.75, 3.05) is 13.7 Å². The van der Waals surface area contributed by atoms with Crippen molar-refractivity contribution in [1.29, 1.82) is 0 Å². The fraction of sp³-hybridized carbons (Fsp3) is 0.917. The van der Waals surface area contributed by atoms with Crippen LogP contribution in [0.4, 0.5) is 0 Å². The van der Waals surface area contributed by atoms with Crippen molar-refractivity contribution in [2.45, 2.75) is 38.3 Å². The Morgan fingerprint density at radius 2 is 2.12 bits per heavy atom. The van der Waals surface area contributed by atoms with Crippen LogP contribution in [0.25, 0.3) is 0 Å². The van der Waals surface area contributed by atoms with Crippen molar-refractivity contribution >= 4 is 5.97 Å². The van der Waals surface area contributed by atoms with Gasteiger partial charge < -0.3 is 15.2 Å². The highest BCUT2D eigenvalue weighted by molar-refractivity contribution is 5.74. The first-order chi connectivity index (χ1) is 7.63. The monoisotopic (exact) mass is 227 g/mol. The average molecular weight is 227 g/mol. The van der Waals surface area contributed by atoms with Gasteiger partial charge in [0.1, 0.15) is 6.10 Å². The number of hydrogen-bond acceptors (Lipinski definition) is 4. The Kier molecular flexibility index (Phi) is 3.50. The van der Waals surface area contributed by atoms with Gasteiger partial charge in [0.25, 0.3) is 0 Å². The molecule has 0 saturated heterocycles. The van der Waals surface area contributed by atoms with E-state index < -0.39 is 0 Å². The van der Waals surface area contributed by atoms with E-state index in [1.165, 1.54) is 6.42 Å². The largest absolute Gasteiger partial charge is 0.460 e. The highest BCUT2D eigenvalue weighted by atomic mass is 16.6. The van der Waals surface area contributed by atoms with Gasteiger partial charge in [-0.05, 0) is 38.0 Å². The van der Waals surface area contributed by atoms with Gasteiger partial charge in [-0.25, -0.2) is 0 Å². The number of hydrogen-bond donors (Lipinski definition) is 1. The van der Waals surface area contributed by atoms with Crippen LogP contribution in [0.5, 0.6) is 0 Å². The van der Waals surface area contributed by atoms with Crippen LogP contribution in [0.3, 0.4) is 0 Å². The van der Waals surface area contributed by atoms with E-state index in [2.05, 4.69) is 0 Å². The summed E-state index contributed by atoms with van der Waals surface area (Å²) in [6, 6.07) is 0.0148. The molecule has 5 atom stereocenters. The highest BCUT2D eigenvalue weighted by Gasteiger charge is 2.50. The number of esters is 1. The minimum atomic E-state index is -0.177. The molecule has 2 rings (SSSR count). The number of ether oxygens (including phenoxy) is 2. The molecular weight excluding hydrogens is 206 g/mol. The van der Waals surface area contributed by atoms with E-state index in [0.717, 1.165) is 12.8 Å². The zero-order valence-corrected chi connectivity index (χ0v) is 10.0. The first-order valence-corrected chi connectivity index (χ1v) is 6.08. The molecule has 2 aliphatic rings. The first kappa shape index (κ1) is 11.9. The van der Waals surface area contributed by atoms with E-state index in [0.29, 0.717) is 18.4 Å². The lowest BCUT2D eigenvalue weighted by Gasteiger charge is -2.27. The van der Waals surface area contributed by atoms with E-state index in [-0.39, 0.29) is 24.0 Å². The number of nitrogens with two attached hydrogens (primary N) is 1. The maximum absolute atomic E-state index is 12.0. The van der Waals surface area contributed by atoms with Gasteiger partial charge in [-0.2, -0.15) is 0 Å². The summed E-state index contributed by atoms with van der Waals surface area (Å²) in [5.74, 6) is 0.810. The van der Waals surface area contributed by atoms with E-state index in [1.807, 2.05) is 6.92 Å². The number of carbonyl (C=O) groups excluding carboxylic acids is 1. The average Bonchev–Trinajstić information content (AvgIpc) is 2.77. The molecular formula is C12H21NO3. The number of carbonyl (C=O) groups is 1. The molecule has 2 saturated carbocycles. The molecule has 0 radical (unpaired) electrons. The van der Waals surface area contributed by atoms with Crippen LogP contribution < -0.4 is 5.73 Å². The Balaban J connectivity index is 1.90. The van der Waals surface area contributed by atoms with Crippen molar-refractivity contribution in [2.24, 2.45) is 23.5 Å². The van der Waals surface area contributed by atoms with E-state index >= 15 is 0 Å². The third-order valence-electron chi connectivity index (χ3n) is 3.97. The summed E-state index contributed by atoms with van der Waals surface area (Å²) in [6.07, 6.45) is 3.25. The normalized spacial score (nSPS) is 38.7. The Bertz CT molecular complexity index is 267. The predicted octanol–water partition coefficient (Wildman–Crippen LogP) is 0.938. The Labute approximate surface area is 96.5 Å². The van der Waals surface area contributed by atoms with Crippen LogP contribution in [-0.4, -0.2) is 31.8 Å². The molecule has 16 heavy (non-hydrogen) atoms. The third kappa shape index (κ3) is 2.09. The molecule has 0 aromatic heterocycles. The molecule has 4 nitrogen and oxygen atoms in total. The number of fused-ring (bicyclic) bond motifs is 2. The van der Waals surface area contributed by atoms with Gasteiger partial charge in [0.2, 0.25) is 0 Å².